The number of rotatable bonds is 3. The predicted molar refractivity (Wildman–Crippen MR) is 64.5 cm³/mol. The van der Waals surface area contributed by atoms with Gasteiger partial charge in [0.15, 0.2) is 0 Å². The van der Waals surface area contributed by atoms with Crippen molar-refractivity contribution in [2.75, 3.05) is 11.9 Å². The second-order valence-corrected chi connectivity index (χ2v) is 5.13. The summed E-state index contributed by atoms with van der Waals surface area (Å²) in [6.45, 7) is 0.734. The highest BCUT2D eigenvalue weighted by Crippen LogP contribution is 2.27. The second-order valence-electron chi connectivity index (χ2n) is 4.28. The lowest BCUT2D eigenvalue weighted by Crippen LogP contribution is -2.12. The summed E-state index contributed by atoms with van der Waals surface area (Å²) in [7, 11) is 0. The van der Waals surface area contributed by atoms with Crippen LogP contribution >= 0.6 is 15.9 Å². The Balaban J connectivity index is 2.00. The fourth-order valence-electron chi connectivity index (χ4n) is 2.13. The molecule has 1 aliphatic carbocycles. The minimum Gasteiger partial charge on any atom is -0.382 e. The van der Waals surface area contributed by atoms with Crippen molar-refractivity contribution in [1.82, 2.24) is 0 Å². The van der Waals surface area contributed by atoms with Gasteiger partial charge in [0, 0.05) is 12.6 Å². The van der Waals surface area contributed by atoms with Crippen LogP contribution in [-0.2, 0) is 0 Å². The summed E-state index contributed by atoms with van der Waals surface area (Å²) < 4.78 is 26.8. The zero-order valence-corrected chi connectivity index (χ0v) is 10.5. The van der Waals surface area contributed by atoms with Crippen LogP contribution in [-0.4, -0.2) is 6.54 Å². The SMILES string of the molecule is Fc1cc(NCC2CCCC2)c(F)cc1Br. The van der Waals surface area contributed by atoms with E-state index in [2.05, 4.69) is 21.2 Å². The number of hydrogen-bond donors (Lipinski definition) is 1. The van der Waals surface area contributed by atoms with Crippen molar-refractivity contribution in [1.29, 1.82) is 0 Å². The number of nitrogens with one attached hydrogen (secondary N) is 1. The van der Waals surface area contributed by atoms with Crippen LogP contribution in [0.5, 0.6) is 0 Å². The zero-order chi connectivity index (χ0) is 11.5. The van der Waals surface area contributed by atoms with Crippen LogP contribution in [0, 0.1) is 17.6 Å². The van der Waals surface area contributed by atoms with Crippen molar-refractivity contribution in [2.45, 2.75) is 25.7 Å². The highest BCUT2D eigenvalue weighted by molar-refractivity contribution is 9.10. The molecule has 1 N–H and O–H groups in total. The molecule has 0 heterocycles. The standard InChI is InChI=1S/C12H14BrF2N/c13-9-5-11(15)12(6-10(9)14)16-7-8-3-1-2-4-8/h5-6,8,16H,1-4,7H2. The molecule has 1 aliphatic rings. The first-order valence-electron chi connectivity index (χ1n) is 5.55. The largest absolute Gasteiger partial charge is 0.382 e. The monoisotopic (exact) mass is 289 g/mol. The molecule has 0 spiro atoms. The number of benzene rings is 1. The molecule has 1 aromatic rings. The van der Waals surface area contributed by atoms with Gasteiger partial charge in [-0.25, -0.2) is 8.78 Å². The molecule has 0 radical (unpaired) electrons. The Morgan fingerprint density at radius 1 is 1.19 bits per heavy atom. The lowest BCUT2D eigenvalue weighted by Gasteiger charge is -2.12. The van der Waals surface area contributed by atoms with Crippen LogP contribution in [0.4, 0.5) is 14.5 Å². The molecule has 1 nitrogen and oxygen atoms in total. The molecule has 0 amide bonds. The van der Waals surface area contributed by atoms with E-state index in [1.807, 2.05) is 0 Å². The molecule has 16 heavy (non-hydrogen) atoms. The third-order valence-electron chi connectivity index (χ3n) is 3.07. The van der Waals surface area contributed by atoms with Gasteiger partial charge in [-0.15, -0.1) is 0 Å². The molecule has 0 bridgehead atoms. The topological polar surface area (TPSA) is 12.0 Å². The molecule has 0 unspecified atom stereocenters. The first-order chi connectivity index (χ1) is 7.66. The minimum absolute atomic E-state index is 0.163. The third kappa shape index (κ3) is 2.73. The smallest absolute Gasteiger partial charge is 0.147 e. The molecule has 1 aromatic carbocycles. The van der Waals surface area contributed by atoms with Crippen LogP contribution in [0.3, 0.4) is 0 Å². The Hall–Kier alpha value is -0.640. The lowest BCUT2D eigenvalue weighted by atomic mass is 10.1. The minimum atomic E-state index is -0.435. The van der Waals surface area contributed by atoms with E-state index in [4.69, 9.17) is 0 Å². The molecule has 88 valence electrons. The summed E-state index contributed by atoms with van der Waals surface area (Å²) in [5, 5.41) is 2.99. The fourth-order valence-corrected chi connectivity index (χ4v) is 2.44. The molecule has 0 saturated heterocycles. The van der Waals surface area contributed by atoms with Gasteiger partial charge in [-0.1, -0.05) is 12.8 Å². The maximum atomic E-state index is 13.4. The Kier molecular flexibility index (Phi) is 3.79. The summed E-state index contributed by atoms with van der Waals surface area (Å²) in [5.74, 6) is -0.243. The third-order valence-corrected chi connectivity index (χ3v) is 3.67. The molecule has 4 heteroatoms. The Bertz CT molecular complexity index is 376. The average molecular weight is 290 g/mol. The van der Waals surface area contributed by atoms with Crippen molar-refractivity contribution >= 4 is 21.6 Å². The van der Waals surface area contributed by atoms with Crippen molar-refractivity contribution in [3.05, 3.63) is 28.2 Å². The van der Waals surface area contributed by atoms with Gasteiger partial charge in [0.1, 0.15) is 11.6 Å². The van der Waals surface area contributed by atoms with Gasteiger partial charge in [-0.05, 0) is 40.8 Å². The van der Waals surface area contributed by atoms with Crippen molar-refractivity contribution in [3.63, 3.8) is 0 Å². The molecule has 2 rings (SSSR count). The van der Waals surface area contributed by atoms with Gasteiger partial charge < -0.3 is 5.32 Å². The number of hydrogen-bond acceptors (Lipinski definition) is 1. The van der Waals surface area contributed by atoms with E-state index in [0.717, 1.165) is 12.6 Å². The second kappa shape index (κ2) is 5.13. The maximum Gasteiger partial charge on any atom is 0.147 e. The fraction of sp³-hybridized carbons (Fsp3) is 0.500. The zero-order valence-electron chi connectivity index (χ0n) is 8.90. The molecular formula is C12H14BrF2N. The van der Waals surface area contributed by atoms with Gasteiger partial charge in [0.05, 0.1) is 10.2 Å². The Labute approximate surface area is 102 Å². The van der Waals surface area contributed by atoms with E-state index in [-0.39, 0.29) is 10.2 Å². The summed E-state index contributed by atoms with van der Waals surface area (Å²) in [4.78, 5) is 0. The van der Waals surface area contributed by atoms with Gasteiger partial charge in [-0.2, -0.15) is 0 Å². The molecule has 1 fully saturated rings. The highest BCUT2D eigenvalue weighted by Gasteiger charge is 2.15. The van der Waals surface area contributed by atoms with Gasteiger partial charge in [0.25, 0.3) is 0 Å². The van der Waals surface area contributed by atoms with Gasteiger partial charge >= 0.3 is 0 Å². The number of anilines is 1. The summed E-state index contributed by atoms with van der Waals surface area (Å²) in [6, 6.07) is 2.36. The van der Waals surface area contributed by atoms with E-state index < -0.39 is 11.6 Å². The van der Waals surface area contributed by atoms with Crippen molar-refractivity contribution in [3.8, 4) is 0 Å². The van der Waals surface area contributed by atoms with E-state index >= 15 is 0 Å². The Morgan fingerprint density at radius 3 is 2.56 bits per heavy atom. The molecule has 0 aromatic heterocycles. The van der Waals surface area contributed by atoms with Crippen LogP contribution in [0.15, 0.2) is 16.6 Å². The van der Waals surface area contributed by atoms with E-state index in [1.54, 1.807) is 0 Å². The molecule has 0 aliphatic heterocycles. The van der Waals surface area contributed by atoms with E-state index in [1.165, 1.54) is 31.7 Å². The first kappa shape index (κ1) is 11.8. The quantitative estimate of drug-likeness (QED) is 0.817. The van der Waals surface area contributed by atoms with E-state index in [0.29, 0.717) is 5.92 Å². The first-order valence-corrected chi connectivity index (χ1v) is 6.34. The van der Waals surface area contributed by atoms with Crippen LogP contribution in [0.2, 0.25) is 0 Å². The molecule has 0 atom stereocenters. The van der Waals surface area contributed by atoms with E-state index in [9.17, 15) is 8.78 Å². The van der Waals surface area contributed by atoms with Crippen LogP contribution in [0.1, 0.15) is 25.7 Å². The van der Waals surface area contributed by atoms with Gasteiger partial charge in [0.2, 0.25) is 0 Å². The molecule has 1 saturated carbocycles. The maximum absolute atomic E-state index is 13.4. The predicted octanol–water partition coefficient (Wildman–Crippen LogP) is 4.33. The van der Waals surface area contributed by atoms with Gasteiger partial charge in [-0.3, -0.25) is 0 Å². The summed E-state index contributed by atoms with van der Waals surface area (Å²) in [5.41, 5.74) is 0.257. The van der Waals surface area contributed by atoms with Crippen LogP contribution < -0.4 is 5.32 Å². The molecular weight excluding hydrogens is 276 g/mol. The summed E-state index contributed by atoms with van der Waals surface area (Å²) in [6.07, 6.45) is 4.88. The lowest BCUT2D eigenvalue weighted by molar-refractivity contribution is 0.569. The van der Waals surface area contributed by atoms with Crippen LogP contribution in [0.25, 0.3) is 0 Å². The Morgan fingerprint density at radius 2 is 1.88 bits per heavy atom. The van der Waals surface area contributed by atoms with Crippen molar-refractivity contribution in [2.24, 2.45) is 5.92 Å². The average Bonchev–Trinajstić information content (AvgIpc) is 2.74. The van der Waals surface area contributed by atoms with Crippen molar-refractivity contribution < 1.29 is 8.78 Å². The summed E-state index contributed by atoms with van der Waals surface area (Å²) >= 11 is 2.95. The highest BCUT2D eigenvalue weighted by atomic mass is 79.9. The number of halogens is 3. The normalized spacial score (nSPS) is 16.7.